The maximum Gasteiger partial charge on any atom is 0.229 e. The van der Waals surface area contributed by atoms with E-state index >= 15 is 0 Å². The topological polar surface area (TPSA) is 72.1 Å². The van der Waals surface area contributed by atoms with E-state index in [0.717, 1.165) is 18.4 Å². The van der Waals surface area contributed by atoms with E-state index in [2.05, 4.69) is 19.9 Å². The van der Waals surface area contributed by atoms with Crippen LogP contribution in [0.2, 0.25) is 0 Å². The summed E-state index contributed by atoms with van der Waals surface area (Å²) in [6.07, 6.45) is 5.89. The largest absolute Gasteiger partial charge is 0.335 e. The Morgan fingerprint density at radius 1 is 1.35 bits per heavy atom. The highest BCUT2D eigenvalue weighted by Crippen LogP contribution is 2.29. The number of nitrogens with zero attached hydrogens (tertiary/aromatic N) is 4. The fourth-order valence-electron chi connectivity index (χ4n) is 2.15. The summed E-state index contributed by atoms with van der Waals surface area (Å²) in [7, 11) is 0. The molecule has 0 saturated heterocycles. The zero-order valence-electron chi connectivity index (χ0n) is 11.3. The first-order valence-corrected chi connectivity index (χ1v) is 6.70. The Kier molecular flexibility index (Phi) is 3.45. The van der Waals surface area contributed by atoms with Crippen LogP contribution in [0.4, 0.5) is 0 Å². The minimum Gasteiger partial charge on any atom is -0.335 e. The molecule has 1 fully saturated rings. The molecule has 0 spiro atoms. The van der Waals surface area contributed by atoms with E-state index in [9.17, 15) is 4.79 Å². The number of carbonyl (C=O) groups excluding carboxylic acids is 1. The molecule has 20 heavy (non-hydrogen) atoms. The lowest BCUT2D eigenvalue weighted by Gasteiger charge is -2.22. The van der Waals surface area contributed by atoms with Crippen LogP contribution in [-0.4, -0.2) is 32.1 Å². The molecule has 1 amide bonds. The molecule has 0 radical (unpaired) electrons. The SMILES string of the molecule is Cc1nonc1CC(=O)N(Cc1ccncc1)C1CC1. The first kappa shape index (κ1) is 12.8. The van der Waals surface area contributed by atoms with Gasteiger partial charge < -0.3 is 4.90 Å². The molecule has 0 aliphatic heterocycles. The highest BCUT2D eigenvalue weighted by molar-refractivity contribution is 5.79. The van der Waals surface area contributed by atoms with Crippen molar-refractivity contribution in [3.05, 3.63) is 41.5 Å². The monoisotopic (exact) mass is 272 g/mol. The van der Waals surface area contributed by atoms with Crippen molar-refractivity contribution in [1.82, 2.24) is 20.2 Å². The van der Waals surface area contributed by atoms with Crippen molar-refractivity contribution >= 4 is 5.91 Å². The molecule has 6 heteroatoms. The lowest BCUT2D eigenvalue weighted by atomic mass is 10.2. The number of aryl methyl sites for hydroxylation is 1. The summed E-state index contributed by atoms with van der Waals surface area (Å²) in [5.74, 6) is 0.0723. The van der Waals surface area contributed by atoms with Crippen LogP contribution in [0.5, 0.6) is 0 Å². The van der Waals surface area contributed by atoms with Crippen LogP contribution in [0, 0.1) is 6.92 Å². The molecule has 104 valence electrons. The van der Waals surface area contributed by atoms with Crippen molar-refractivity contribution < 1.29 is 9.42 Å². The highest BCUT2D eigenvalue weighted by atomic mass is 16.6. The lowest BCUT2D eigenvalue weighted by molar-refractivity contribution is -0.131. The zero-order chi connectivity index (χ0) is 13.9. The van der Waals surface area contributed by atoms with Gasteiger partial charge in [-0.05, 0) is 37.5 Å². The molecule has 0 atom stereocenters. The van der Waals surface area contributed by atoms with E-state index in [1.54, 1.807) is 19.3 Å². The summed E-state index contributed by atoms with van der Waals surface area (Å²) in [5, 5.41) is 7.49. The van der Waals surface area contributed by atoms with Gasteiger partial charge in [0.25, 0.3) is 0 Å². The maximum absolute atomic E-state index is 12.4. The molecule has 6 nitrogen and oxygen atoms in total. The summed E-state index contributed by atoms with van der Waals surface area (Å²) in [6.45, 7) is 2.42. The predicted octanol–water partition coefficient (Wildman–Crippen LogP) is 1.51. The van der Waals surface area contributed by atoms with Crippen LogP contribution in [-0.2, 0) is 17.8 Å². The quantitative estimate of drug-likeness (QED) is 0.825. The van der Waals surface area contributed by atoms with Crippen molar-refractivity contribution in [2.24, 2.45) is 0 Å². The molecule has 0 unspecified atom stereocenters. The Hall–Kier alpha value is -2.24. The Bertz CT molecular complexity index is 592. The van der Waals surface area contributed by atoms with Crippen LogP contribution < -0.4 is 0 Å². The molecule has 0 aromatic carbocycles. The number of hydrogen-bond acceptors (Lipinski definition) is 5. The van der Waals surface area contributed by atoms with Gasteiger partial charge in [-0.3, -0.25) is 9.78 Å². The fourth-order valence-corrected chi connectivity index (χ4v) is 2.15. The second-order valence-electron chi connectivity index (χ2n) is 5.08. The Morgan fingerprint density at radius 3 is 2.70 bits per heavy atom. The van der Waals surface area contributed by atoms with Crippen LogP contribution in [0.25, 0.3) is 0 Å². The second kappa shape index (κ2) is 5.40. The highest BCUT2D eigenvalue weighted by Gasteiger charge is 2.33. The van der Waals surface area contributed by atoms with Crippen molar-refractivity contribution in [3.63, 3.8) is 0 Å². The van der Waals surface area contributed by atoms with Crippen molar-refractivity contribution in [2.75, 3.05) is 0 Å². The molecular formula is C14H16N4O2. The Labute approximate surface area is 116 Å². The molecule has 3 rings (SSSR count). The van der Waals surface area contributed by atoms with E-state index in [4.69, 9.17) is 0 Å². The maximum atomic E-state index is 12.4. The molecule has 2 heterocycles. The van der Waals surface area contributed by atoms with Crippen molar-refractivity contribution in [1.29, 1.82) is 0 Å². The summed E-state index contributed by atoms with van der Waals surface area (Å²) >= 11 is 0. The van der Waals surface area contributed by atoms with Crippen LogP contribution in [0.1, 0.15) is 29.8 Å². The summed E-state index contributed by atoms with van der Waals surface area (Å²) < 4.78 is 4.64. The van der Waals surface area contributed by atoms with E-state index in [0.29, 0.717) is 24.0 Å². The summed E-state index contributed by atoms with van der Waals surface area (Å²) in [4.78, 5) is 18.4. The zero-order valence-corrected chi connectivity index (χ0v) is 11.3. The molecule has 2 aromatic heterocycles. The third-order valence-corrected chi connectivity index (χ3v) is 3.48. The van der Waals surface area contributed by atoms with Gasteiger partial charge in [-0.1, -0.05) is 10.3 Å². The fraction of sp³-hybridized carbons (Fsp3) is 0.429. The van der Waals surface area contributed by atoms with E-state index in [1.165, 1.54) is 0 Å². The number of hydrogen-bond donors (Lipinski definition) is 0. The molecule has 1 saturated carbocycles. The van der Waals surface area contributed by atoms with Gasteiger partial charge in [-0.25, -0.2) is 4.63 Å². The smallest absolute Gasteiger partial charge is 0.229 e. The molecular weight excluding hydrogens is 256 g/mol. The van der Waals surface area contributed by atoms with Crippen LogP contribution in [0.3, 0.4) is 0 Å². The van der Waals surface area contributed by atoms with Gasteiger partial charge in [-0.2, -0.15) is 0 Å². The molecule has 0 N–H and O–H groups in total. The third kappa shape index (κ3) is 2.84. The van der Waals surface area contributed by atoms with Crippen molar-refractivity contribution in [3.8, 4) is 0 Å². The van der Waals surface area contributed by atoms with Gasteiger partial charge in [0.15, 0.2) is 0 Å². The lowest BCUT2D eigenvalue weighted by Crippen LogP contribution is -2.34. The molecule has 1 aliphatic carbocycles. The van der Waals surface area contributed by atoms with Gasteiger partial charge in [0.2, 0.25) is 5.91 Å². The number of carbonyl (C=O) groups is 1. The van der Waals surface area contributed by atoms with E-state index in [-0.39, 0.29) is 12.3 Å². The third-order valence-electron chi connectivity index (χ3n) is 3.48. The van der Waals surface area contributed by atoms with Crippen LogP contribution in [0.15, 0.2) is 29.2 Å². The van der Waals surface area contributed by atoms with Gasteiger partial charge in [0.1, 0.15) is 11.4 Å². The average Bonchev–Trinajstić information content (AvgIpc) is 3.22. The molecule has 1 aliphatic rings. The van der Waals surface area contributed by atoms with Gasteiger partial charge in [-0.15, -0.1) is 0 Å². The first-order valence-electron chi connectivity index (χ1n) is 6.70. The Balaban J connectivity index is 1.71. The predicted molar refractivity (Wildman–Crippen MR) is 70.5 cm³/mol. The number of rotatable bonds is 5. The molecule has 2 aromatic rings. The van der Waals surface area contributed by atoms with Gasteiger partial charge >= 0.3 is 0 Å². The van der Waals surface area contributed by atoms with E-state index in [1.807, 2.05) is 17.0 Å². The summed E-state index contributed by atoms with van der Waals surface area (Å²) in [5.41, 5.74) is 2.39. The minimum atomic E-state index is 0.0723. The first-order chi connectivity index (χ1) is 9.74. The Morgan fingerprint density at radius 2 is 2.10 bits per heavy atom. The van der Waals surface area contributed by atoms with E-state index < -0.39 is 0 Å². The second-order valence-corrected chi connectivity index (χ2v) is 5.08. The van der Waals surface area contributed by atoms with Gasteiger partial charge in [0.05, 0.1) is 6.42 Å². The number of amides is 1. The number of aromatic nitrogens is 3. The number of pyridine rings is 1. The average molecular weight is 272 g/mol. The van der Waals surface area contributed by atoms with Crippen molar-refractivity contribution in [2.45, 2.75) is 38.8 Å². The summed E-state index contributed by atoms with van der Waals surface area (Å²) in [6, 6.07) is 4.23. The van der Waals surface area contributed by atoms with Gasteiger partial charge in [0, 0.05) is 25.0 Å². The normalized spacial score (nSPS) is 14.2. The molecule has 0 bridgehead atoms. The standard InChI is InChI=1S/C14H16N4O2/c1-10-13(17-20-16-10)8-14(19)18(12-2-3-12)9-11-4-6-15-7-5-11/h4-7,12H,2-3,8-9H2,1H3. The minimum absolute atomic E-state index is 0.0723. The van der Waals surface area contributed by atoms with Crippen LogP contribution >= 0.6 is 0 Å².